The third-order valence-electron chi connectivity index (χ3n) is 3.87. The van der Waals surface area contributed by atoms with Crippen molar-refractivity contribution in [2.24, 2.45) is 0 Å². The molecule has 0 spiro atoms. The first-order chi connectivity index (χ1) is 12.6. The van der Waals surface area contributed by atoms with E-state index in [4.69, 9.17) is 9.47 Å². The van der Waals surface area contributed by atoms with Crippen molar-refractivity contribution >= 4 is 21.7 Å². The number of ether oxygens (including phenoxy) is 2. The number of carbonyl (C=O) groups is 1. The molecule has 0 unspecified atom stereocenters. The predicted molar refractivity (Wildman–Crippen MR) is 103 cm³/mol. The highest BCUT2D eigenvalue weighted by molar-refractivity contribution is 9.10. The monoisotopic (exact) mass is 412 g/mol. The van der Waals surface area contributed by atoms with Gasteiger partial charge in [0, 0.05) is 16.1 Å². The fraction of sp³-hybridized carbons (Fsp3) is 0.0952. The highest BCUT2D eigenvalue weighted by Gasteiger charge is 2.19. The number of hydrogen-bond acceptors (Lipinski definition) is 4. The average molecular weight is 413 g/mol. The topological polar surface area (TPSA) is 55.8 Å². The standard InChI is InChI=1S/C21H17BrO4/c1-25-16-8-9-17(21(24)18-11-15(23)7-10-19(18)22)20(12-16)26-13-14-5-3-2-4-6-14/h2-12,23H,13H2,1H3. The van der Waals surface area contributed by atoms with Crippen molar-refractivity contribution in [3.8, 4) is 17.2 Å². The SMILES string of the molecule is COc1ccc(C(=O)c2cc(O)ccc2Br)c(OCc2ccccc2)c1. The Bertz CT molecular complexity index is 923. The molecule has 0 aliphatic carbocycles. The predicted octanol–water partition coefficient (Wildman–Crippen LogP) is 4.97. The van der Waals surface area contributed by atoms with E-state index in [0.717, 1.165) is 5.56 Å². The van der Waals surface area contributed by atoms with Gasteiger partial charge in [0.25, 0.3) is 0 Å². The van der Waals surface area contributed by atoms with Crippen molar-refractivity contribution in [3.63, 3.8) is 0 Å². The van der Waals surface area contributed by atoms with Gasteiger partial charge in [-0.3, -0.25) is 4.79 Å². The number of phenolic OH excluding ortho intramolecular Hbond substituents is 1. The van der Waals surface area contributed by atoms with E-state index in [-0.39, 0.29) is 11.5 Å². The van der Waals surface area contributed by atoms with Crippen molar-refractivity contribution in [1.29, 1.82) is 0 Å². The molecule has 0 aliphatic rings. The molecule has 0 saturated heterocycles. The Morgan fingerprint density at radius 1 is 1.00 bits per heavy atom. The van der Waals surface area contributed by atoms with Gasteiger partial charge in [-0.15, -0.1) is 0 Å². The van der Waals surface area contributed by atoms with Gasteiger partial charge in [0.05, 0.1) is 12.7 Å². The smallest absolute Gasteiger partial charge is 0.198 e. The van der Waals surface area contributed by atoms with Crippen LogP contribution in [0.1, 0.15) is 21.5 Å². The number of methoxy groups -OCH3 is 1. The number of halogens is 1. The van der Waals surface area contributed by atoms with Crippen LogP contribution in [-0.4, -0.2) is 18.0 Å². The molecule has 5 heteroatoms. The third-order valence-corrected chi connectivity index (χ3v) is 4.56. The molecule has 3 aromatic carbocycles. The average Bonchev–Trinajstić information content (AvgIpc) is 2.68. The number of rotatable bonds is 6. The molecule has 4 nitrogen and oxygen atoms in total. The van der Waals surface area contributed by atoms with Gasteiger partial charge in [-0.05, 0) is 35.9 Å². The molecular weight excluding hydrogens is 396 g/mol. The summed E-state index contributed by atoms with van der Waals surface area (Å²) in [5.74, 6) is 0.795. The summed E-state index contributed by atoms with van der Waals surface area (Å²) in [7, 11) is 1.56. The molecule has 26 heavy (non-hydrogen) atoms. The van der Waals surface area contributed by atoms with Crippen LogP contribution >= 0.6 is 15.9 Å². The molecule has 0 amide bonds. The Hall–Kier alpha value is -2.79. The van der Waals surface area contributed by atoms with Gasteiger partial charge in [0.1, 0.15) is 23.9 Å². The largest absolute Gasteiger partial charge is 0.508 e. The lowest BCUT2D eigenvalue weighted by Crippen LogP contribution is -2.07. The van der Waals surface area contributed by atoms with E-state index in [1.807, 2.05) is 30.3 Å². The lowest BCUT2D eigenvalue weighted by molar-refractivity contribution is 0.103. The molecule has 132 valence electrons. The summed E-state index contributed by atoms with van der Waals surface area (Å²) < 4.78 is 11.8. The van der Waals surface area contributed by atoms with Gasteiger partial charge in [-0.2, -0.15) is 0 Å². The van der Waals surface area contributed by atoms with E-state index in [1.165, 1.54) is 12.1 Å². The van der Waals surface area contributed by atoms with Crippen LogP contribution in [0.4, 0.5) is 0 Å². The summed E-state index contributed by atoms with van der Waals surface area (Å²) in [5.41, 5.74) is 1.75. The first-order valence-corrected chi connectivity index (χ1v) is 8.76. The Morgan fingerprint density at radius 3 is 2.50 bits per heavy atom. The van der Waals surface area contributed by atoms with Crippen molar-refractivity contribution in [3.05, 3.63) is 87.9 Å². The van der Waals surface area contributed by atoms with Gasteiger partial charge in [-0.25, -0.2) is 0 Å². The molecule has 1 N–H and O–H groups in total. The lowest BCUT2D eigenvalue weighted by atomic mass is 10.0. The van der Waals surface area contributed by atoms with Crippen LogP contribution in [0.2, 0.25) is 0 Å². The highest BCUT2D eigenvalue weighted by Crippen LogP contribution is 2.31. The minimum Gasteiger partial charge on any atom is -0.508 e. The second-order valence-electron chi connectivity index (χ2n) is 5.63. The molecule has 3 aromatic rings. The fourth-order valence-electron chi connectivity index (χ4n) is 2.50. The number of carbonyl (C=O) groups excluding carboxylic acids is 1. The van der Waals surface area contributed by atoms with Gasteiger partial charge in [-0.1, -0.05) is 46.3 Å². The van der Waals surface area contributed by atoms with E-state index in [1.54, 1.807) is 31.4 Å². The quantitative estimate of drug-likeness (QED) is 0.580. The molecule has 0 saturated carbocycles. The Labute approximate surface area is 160 Å². The van der Waals surface area contributed by atoms with Gasteiger partial charge in [0.2, 0.25) is 0 Å². The summed E-state index contributed by atoms with van der Waals surface area (Å²) in [5, 5.41) is 9.71. The zero-order chi connectivity index (χ0) is 18.5. The van der Waals surface area contributed by atoms with Gasteiger partial charge < -0.3 is 14.6 Å². The molecule has 0 radical (unpaired) electrons. The minimum absolute atomic E-state index is 0.0248. The maximum atomic E-state index is 13.0. The molecule has 0 aromatic heterocycles. The molecule has 0 bridgehead atoms. The van der Waals surface area contributed by atoms with Crippen LogP contribution in [-0.2, 0) is 6.61 Å². The van der Waals surface area contributed by atoms with Crippen molar-refractivity contribution in [1.82, 2.24) is 0 Å². The van der Waals surface area contributed by atoms with Gasteiger partial charge in [0.15, 0.2) is 5.78 Å². The Balaban J connectivity index is 1.95. The van der Waals surface area contributed by atoms with E-state index < -0.39 is 0 Å². The van der Waals surface area contributed by atoms with Crippen LogP contribution in [0, 0.1) is 0 Å². The van der Waals surface area contributed by atoms with E-state index in [9.17, 15) is 9.90 Å². The molecule has 0 atom stereocenters. The Morgan fingerprint density at radius 2 is 1.77 bits per heavy atom. The summed E-state index contributed by atoms with van der Waals surface area (Å²) in [6.07, 6.45) is 0. The fourth-order valence-corrected chi connectivity index (χ4v) is 2.93. The second-order valence-corrected chi connectivity index (χ2v) is 6.48. The number of hydrogen-bond donors (Lipinski definition) is 1. The molecule has 3 rings (SSSR count). The van der Waals surface area contributed by atoms with Crippen LogP contribution in [0.5, 0.6) is 17.2 Å². The number of ketones is 1. The third kappa shape index (κ3) is 4.06. The molecular formula is C21H17BrO4. The summed E-state index contributed by atoms with van der Waals surface area (Å²) in [6, 6.07) is 19.3. The highest BCUT2D eigenvalue weighted by atomic mass is 79.9. The maximum absolute atomic E-state index is 13.0. The first kappa shape index (κ1) is 18.0. The molecule has 0 heterocycles. The maximum Gasteiger partial charge on any atom is 0.198 e. The van der Waals surface area contributed by atoms with Gasteiger partial charge >= 0.3 is 0 Å². The number of phenols is 1. The number of benzene rings is 3. The molecule has 0 fully saturated rings. The first-order valence-electron chi connectivity index (χ1n) is 7.96. The zero-order valence-corrected chi connectivity index (χ0v) is 15.7. The molecule has 0 aliphatic heterocycles. The number of aromatic hydroxyl groups is 1. The minimum atomic E-state index is -0.251. The summed E-state index contributed by atoms with van der Waals surface area (Å²) >= 11 is 3.36. The van der Waals surface area contributed by atoms with E-state index in [2.05, 4.69) is 15.9 Å². The summed E-state index contributed by atoms with van der Waals surface area (Å²) in [6.45, 7) is 0.329. The van der Waals surface area contributed by atoms with Crippen LogP contribution in [0.15, 0.2) is 71.2 Å². The van der Waals surface area contributed by atoms with E-state index in [0.29, 0.717) is 33.7 Å². The van der Waals surface area contributed by atoms with Crippen molar-refractivity contribution < 1.29 is 19.4 Å². The zero-order valence-electron chi connectivity index (χ0n) is 14.1. The van der Waals surface area contributed by atoms with Crippen LogP contribution in [0.25, 0.3) is 0 Å². The van der Waals surface area contributed by atoms with Crippen molar-refractivity contribution in [2.45, 2.75) is 6.61 Å². The van der Waals surface area contributed by atoms with Crippen LogP contribution in [0.3, 0.4) is 0 Å². The van der Waals surface area contributed by atoms with E-state index >= 15 is 0 Å². The Kier molecular flexibility index (Phi) is 5.58. The normalized spacial score (nSPS) is 10.4. The van der Waals surface area contributed by atoms with Crippen molar-refractivity contribution in [2.75, 3.05) is 7.11 Å². The van der Waals surface area contributed by atoms with Crippen LogP contribution < -0.4 is 9.47 Å². The lowest BCUT2D eigenvalue weighted by Gasteiger charge is -2.13. The summed E-state index contributed by atoms with van der Waals surface area (Å²) in [4.78, 5) is 13.0. The second kappa shape index (κ2) is 8.06.